The minimum absolute atomic E-state index is 0.175. The zero-order valence-electron chi connectivity index (χ0n) is 19.9. The van der Waals surface area contributed by atoms with Gasteiger partial charge in [0.2, 0.25) is 5.88 Å². The fourth-order valence-electron chi connectivity index (χ4n) is 4.52. The van der Waals surface area contributed by atoms with Crippen molar-refractivity contribution in [2.45, 2.75) is 57.2 Å². The predicted molar refractivity (Wildman–Crippen MR) is 128 cm³/mol. The Morgan fingerprint density at radius 3 is 2.65 bits per heavy atom. The van der Waals surface area contributed by atoms with E-state index in [1.165, 1.54) is 0 Å². The van der Waals surface area contributed by atoms with E-state index in [1.54, 1.807) is 21.8 Å². The molecule has 10 heteroatoms. The molecule has 0 amide bonds. The summed E-state index contributed by atoms with van der Waals surface area (Å²) in [6, 6.07) is 6.51. The molecule has 1 aliphatic rings. The van der Waals surface area contributed by atoms with E-state index in [1.807, 2.05) is 52.5 Å². The molecule has 0 aliphatic heterocycles. The van der Waals surface area contributed by atoms with Crippen LogP contribution in [0.2, 0.25) is 0 Å². The number of fused-ring (bicyclic) bond motifs is 1. The lowest BCUT2D eigenvalue weighted by Gasteiger charge is -2.29. The highest BCUT2D eigenvalue weighted by atomic mass is 16.5. The number of nitrogens with one attached hydrogen (secondary N) is 1. The first-order valence-electron chi connectivity index (χ1n) is 11.6. The van der Waals surface area contributed by atoms with Gasteiger partial charge in [-0.05, 0) is 39.5 Å². The third-order valence-corrected chi connectivity index (χ3v) is 6.60. The maximum atomic E-state index is 9.49. The van der Waals surface area contributed by atoms with Gasteiger partial charge in [0.05, 0.1) is 30.0 Å². The van der Waals surface area contributed by atoms with Crippen LogP contribution in [0.25, 0.3) is 22.2 Å². The Morgan fingerprint density at radius 2 is 1.97 bits per heavy atom. The number of anilines is 1. The first-order valence-corrected chi connectivity index (χ1v) is 11.6. The molecule has 10 nitrogen and oxygen atoms in total. The second-order valence-electron chi connectivity index (χ2n) is 9.32. The number of aryl methyl sites for hydroxylation is 1. The fourth-order valence-corrected chi connectivity index (χ4v) is 4.52. The number of nitrogens with zero attached hydrogens (tertiary/aromatic N) is 8. The van der Waals surface area contributed by atoms with Crippen LogP contribution in [0.3, 0.4) is 0 Å². The van der Waals surface area contributed by atoms with Crippen molar-refractivity contribution in [1.29, 1.82) is 5.26 Å². The summed E-state index contributed by atoms with van der Waals surface area (Å²) in [6.45, 7) is 3.68. The Balaban J connectivity index is 1.45. The lowest BCUT2D eigenvalue weighted by molar-refractivity contribution is 0.121. The molecule has 0 spiro atoms. The van der Waals surface area contributed by atoms with Crippen LogP contribution in [0.4, 0.5) is 5.82 Å². The summed E-state index contributed by atoms with van der Waals surface area (Å²) in [4.78, 5) is 4.53. The average molecular weight is 460 g/mol. The smallest absolute Gasteiger partial charge is 0.211 e. The molecule has 0 unspecified atom stereocenters. The van der Waals surface area contributed by atoms with Gasteiger partial charge >= 0.3 is 0 Å². The normalized spacial score (nSPS) is 18.7. The van der Waals surface area contributed by atoms with Gasteiger partial charge in [0, 0.05) is 49.6 Å². The zero-order chi connectivity index (χ0) is 23.9. The summed E-state index contributed by atoms with van der Waals surface area (Å²) in [5.74, 6) is 1.60. The largest absolute Gasteiger partial charge is 0.475 e. The standard InChI is InChI=1S/C24H29N9O/c1-24(2,15-25)32-14-16(12-29-32)23-19-13-27-21(26-3)11-20(19)33(30-23)17-5-7-18(8-6-17)34-22-9-10-28-31(22)4/h9-14,17-18H,5-8H2,1-4H3,(H,26,27). The van der Waals surface area contributed by atoms with Crippen LogP contribution in [-0.4, -0.2) is 47.5 Å². The SMILES string of the molecule is CNc1cc2c(cn1)c(-c1cnn(C(C)(C)C#N)c1)nn2C1CCC(Oc2ccnn2C)CC1. The zero-order valence-corrected chi connectivity index (χ0v) is 19.9. The van der Waals surface area contributed by atoms with Gasteiger partial charge in [-0.15, -0.1) is 0 Å². The molecule has 1 fully saturated rings. The van der Waals surface area contributed by atoms with E-state index < -0.39 is 5.54 Å². The summed E-state index contributed by atoms with van der Waals surface area (Å²) >= 11 is 0. The molecule has 0 radical (unpaired) electrons. The molecule has 1 aliphatic carbocycles. The number of nitriles is 1. The third-order valence-electron chi connectivity index (χ3n) is 6.60. The molecule has 176 valence electrons. The second-order valence-corrected chi connectivity index (χ2v) is 9.32. The van der Waals surface area contributed by atoms with Crippen molar-refractivity contribution in [1.82, 2.24) is 34.3 Å². The van der Waals surface area contributed by atoms with Crippen LogP contribution in [0.15, 0.2) is 36.9 Å². The predicted octanol–water partition coefficient (Wildman–Crippen LogP) is 3.89. The van der Waals surface area contributed by atoms with E-state index in [-0.39, 0.29) is 12.1 Å². The molecule has 0 atom stereocenters. The highest BCUT2D eigenvalue weighted by Gasteiger charge is 2.28. The first kappa shape index (κ1) is 21.9. The number of aromatic nitrogens is 7. The Kier molecular flexibility index (Phi) is 5.48. The van der Waals surface area contributed by atoms with Gasteiger partial charge in [-0.3, -0.25) is 9.36 Å². The van der Waals surface area contributed by atoms with Crippen molar-refractivity contribution in [3.8, 4) is 23.2 Å². The first-order chi connectivity index (χ1) is 16.4. The average Bonchev–Trinajstić information content (AvgIpc) is 3.58. The van der Waals surface area contributed by atoms with E-state index in [0.717, 1.165) is 59.5 Å². The molecule has 4 heterocycles. The van der Waals surface area contributed by atoms with E-state index in [9.17, 15) is 5.26 Å². The molecule has 1 N–H and O–H groups in total. The fraction of sp³-hybridized carbons (Fsp3) is 0.458. The lowest BCUT2D eigenvalue weighted by Crippen LogP contribution is -2.27. The van der Waals surface area contributed by atoms with Gasteiger partial charge in [-0.2, -0.15) is 20.6 Å². The van der Waals surface area contributed by atoms with Crippen LogP contribution in [-0.2, 0) is 12.6 Å². The van der Waals surface area contributed by atoms with E-state index in [4.69, 9.17) is 9.84 Å². The summed E-state index contributed by atoms with van der Waals surface area (Å²) in [5.41, 5.74) is 2.01. The molecule has 4 aromatic heterocycles. The van der Waals surface area contributed by atoms with Crippen LogP contribution >= 0.6 is 0 Å². The lowest BCUT2D eigenvalue weighted by atomic mass is 9.93. The van der Waals surface area contributed by atoms with Crippen LogP contribution in [0.1, 0.15) is 45.6 Å². The minimum Gasteiger partial charge on any atom is -0.475 e. The summed E-state index contributed by atoms with van der Waals surface area (Å²) in [5, 5.41) is 27.3. The van der Waals surface area contributed by atoms with Crippen LogP contribution in [0, 0.1) is 11.3 Å². The molecule has 34 heavy (non-hydrogen) atoms. The third kappa shape index (κ3) is 3.87. The van der Waals surface area contributed by atoms with Gasteiger partial charge < -0.3 is 10.1 Å². The van der Waals surface area contributed by atoms with E-state index in [2.05, 4.69) is 31.2 Å². The number of rotatable bonds is 6. The van der Waals surface area contributed by atoms with Gasteiger partial charge in [0.25, 0.3) is 0 Å². The van der Waals surface area contributed by atoms with E-state index >= 15 is 0 Å². The molecule has 0 saturated heterocycles. The van der Waals surface area contributed by atoms with Gasteiger partial charge in [-0.25, -0.2) is 9.67 Å². The highest BCUT2D eigenvalue weighted by molar-refractivity contribution is 5.93. The molecule has 4 aromatic rings. The van der Waals surface area contributed by atoms with Gasteiger partial charge in [-0.1, -0.05) is 0 Å². The van der Waals surface area contributed by atoms with Gasteiger partial charge in [0.15, 0.2) is 0 Å². The van der Waals surface area contributed by atoms with Crippen molar-refractivity contribution >= 4 is 16.7 Å². The van der Waals surface area contributed by atoms with Crippen molar-refractivity contribution in [2.24, 2.45) is 7.05 Å². The van der Waals surface area contributed by atoms with Gasteiger partial charge in [0.1, 0.15) is 23.2 Å². The molecule has 0 aromatic carbocycles. The second kappa shape index (κ2) is 8.48. The molecule has 0 bridgehead atoms. The van der Waals surface area contributed by atoms with E-state index in [0.29, 0.717) is 0 Å². The Morgan fingerprint density at radius 1 is 1.18 bits per heavy atom. The van der Waals surface area contributed by atoms with Crippen LogP contribution in [0.5, 0.6) is 5.88 Å². The Labute approximate surface area is 198 Å². The molecular formula is C24H29N9O. The summed E-state index contributed by atoms with van der Waals surface area (Å²) in [6.07, 6.45) is 11.3. The number of pyridine rings is 1. The summed E-state index contributed by atoms with van der Waals surface area (Å²) < 4.78 is 11.8. The van der Waals surface area contributed by atoms with Crippen LogP contribution < -0.4 is 10.1 Å². The van der Waals surface area contributed by atoms with Crippen molar-refractivity contribution in [2.75, 3.05) is 12.4 Å². The molecule has 5 rings (SSSR count). The quantitative estimate of drug-likeness (QED) is 0.465. The molecule has 1 saturated carbocycles. The van der Waals surface area contributed by atoms with Crippen molar-refractivity contribution in [3.63, 3.8) is 0 Å². The number of ether oxygens (including phenoxy) is 1. The Hall–Kier alpha value is -3.87. The number of hydrogen-bond donors (Lipinski definition) is 1. The minimum atomic E-state index is -0.736. The summed E-state index contributed by atoms with van der Waals surface area (Å²) in [7, 11) is 3.76. The highest BCUT2D eigenvalue weighted by Crippen LogP contribution is 2.36. The van der Waals surface area contributed by atoms with Crippen molar-refractivity contribution < 1.29 is 4.74 Å². The van der Waals surface area contributed by atoms with Crippen molar-refractivity contribution in [3.05, 3.63) is 36.9 Å². The topological polar surface area (TPSA) is 111 Å². The Bertz CT molecular complexity index is 1350. The monoisotopic (exact) mass is 459 g/mol. The molecular weight excluding hydrogens is 430 g/mol. The maximum absolute atomic E-state index is 9.49. The maximum Gasteiger partial charge on any atom is 0.211 e. The number of hydrogen-bond acceptors (Lipinski definition) is 7.